The van der Waals surface area contributed by atoms with Gasteiger partial charge in [-0.05, 0) is 42.0 Å². The number of amides is 1. The van der Waals surface area contributed by atoms with Crippen LogP contribution in [0.15, 0.2) is 77.2 Å². The lowest BCUT2D eigenvalue weighted by atomic mass is 9.79. The first kappa shape index (κ1) is 20.6. The van der Waals surface area contributed by atoms with Crippen LogP contribution < -0.4 is 4.90 Å². The van der Waals surface area contributed by atoms with Crippen molar-refractivity contribution in [3.63, 3.8) is 0 Å². The molecule has 0 unspecified atom stereocenters. The summed E-state index contributed by atoms with van der Waals surface area (Å²) >= 11 is 1.73. The summed E-state index contributed by atoms with van der Waals surface area (Å²) in [7, 11) is 0. The highest BCUT2D eigenvalue weighted by molar-refractivity contribution is 7.10. The molecule has 1 fully saturated rings. The number of benzene rings is 2. The normalized spacial score (nSPS) is 22.6. The van der Waals surface area contributed by atoms with Crippen LogP contribution in [0, 0.1) is 5.92 Å². The Morgan fingerprint density at radius 3 is 2.52 bits per heavy atom. The molecule has 0 saturated carbocycles. The van der Waals surface area contributed by atoms with E-state index in [0.717, 1.165) is 44.7 Å². The topological polar surface area (TPSA) is 39.2 Å². The second kappa shape index (κ2) is 8.76. The van der Waals surface area contributed by atoms with Crippen molar-refractivity contribution in [1.29, 1.82) is 0 Å². The van der Waals surface area contributed by atoms with Crippen LogP contribution in [0.2, 0.25) is 0 Å². The minimum atomic E-state index is 0.0199. The fourth-order valence-corrected chi connectivity index (χ4v) is 6.35. The first-order chi connectivity index (χ1) is 16.3. The standard InChI is InChI=1S/C27H28N4OS/c32-25(19-29-14-16-30(17-15-29)21-8-2-1-3-9-21)31-27(24-11-6-18-33-24)23-13-12-20-7-4-5-10-22(20)26(23)28-31/h1-11,18,23,27H,12-17,19H2/t23-,27+/m0/s1. The van der Waals surface area contributed by atoms with Crippen LogP contribution in [0.4, 0.5) is 5.69 Å². The van der Waals surface area contributed by atoms with Gasteiger partial charge in [-0.3, -0.25) is 9.69 Å². The van der Waals surface area contributed by atoms with E-state index in [1.807, 2.05) is 5.01 Å². The van der Waals surface area contributed by atoms with Gasteiger partial charge in [-0.2, -0.15) is 5.10 Å². The third kappa shape index (κ3) is 3.87. The first-order valence-electron chi connectivity index (χ1n) is 11.8. The summed E-state index contributed by atoms with van der Waals surface area (Å²) in [6, 6.07) is 23.4. The van der Waals surface area contributed by atoms with Gasteiger partial charge in [0.2, 0.25) is 0 Å². The van der Waals surface area contributed by atoms with Crippen LogP contribution in [0.5, 0.6) is 0 Å². The Morgan fingerprint density at radius 1 is 0.939 bits per heavy atom. The number of nitrogens with zero attached hydrogens (tertiary/aromatic N) is 4. The lowest BCUT2D eigenvalue weighted by Gasteiger charge is -2.36. The molecule has 3 aliphatic rings. The zero-order valence-corrected chi connectivity index (χ0v) is 19.5. The summed E-state index contributed by atoms with van der Waals surface area (Å²) in [5.41, 5.74) is 4.93. The first-order valence-corrected chi connectivity index (χ1v) is 12.7. The third-order valence-corrected chi connectivity index (χ3v) is 8.11. The predicted octanol–water partition coefficient (Wildman–Crippen LogP) is 4.42. The molecular weight excluding hydrogens is 428 g/mol. The molecule has 2 aromatic carbocycles. The highest BCUT2D eigenvalue weighted by Crippen LogP contribution is 2.44. The van der Waals surface area contributed by atoms with E-state index in [9.17, 15) is 4.79 Å². The largest absolute Gasteiger partial charge is 0.369 e. The minimum absolute atomic E-state index is 0.0199. The second-order valence-corrected chi connectivity index (χ2v) is 10.1. The number of hydrazone groups is 1. The Morgan fingerprint density at radius 2 is 1.73 bits per heavy atom. The molecule has 168 valence electrons. The Bertz CT molecular complexity index is 1150. The second-order valence-electron chi connectivity index (χ2n) is 9.08. The molecule has 0 N–H and O–H groups in total. The molecule has 3 heterocycles. The molecule has 2 aliphatic heterocycles. The molecule has 0 radical (unpaired) electrons. The summed E-state index contributed by atoms with van der Waals surface area (Å²) in [6.45, 7) is 4.09. The number of thiophene rings is 1. The van der Waals surface area contributed by atoms with Crippen LogP contribution in [0.25, 0.3) is 0 Å². The number of rotatable bonds is 4. The molecule has 1 aliphatic carbocycles. The van der Waals surface area contributed by atoms with E-state index in [2.05, 4.69) is 81.9 Å². The number of piperazine rings is 1. The number of para-hydroxylation sites is 1. The Kier molecular flexibility index (Phi) is 5.48. The highest BCUT2D eigenvalue weighted by Gasteiger charge is 2.44. The Hall–Kier alpha value is -2.96. The number of fused-ring (bicyclic) bond motifs is 3. The van der Waals surface area contributed by atoms with E-state index in [-0.39, 0.29) is 17.9 Å². The van der Waals surface area contributed by atoms with E-state index >= 15 is 0 Å². The predicted molar refractivity (Wildman–Crippen MR) is 134 cm³/mol. The van der Waals surface area contributed by atoms with Crippen molar-refractivity contribution in [3.05, 3.63) is 88.1 Å². The lowest BCUT2D eigenvalue weighted by molar-refractivity contribution is -0.134. The van der Waals surface area contributed by atoms with Gasteiger partial charge >= 0.3 is 0 Å². The molecule has 0 bridgehead atoms. The highest BCUT2D eigenvalue weighted by atomic mass is 32.1. The van der Waals surface area contributed by atoms with Gasteiger partial charge in [0, 0.05) is 48.2 Å². The van der Waals surface area contributed by atoms with Crippen molar-refractivity contribution >= 4 is 28.6 Å². The van der Waals surface area contributed by atoms with E-state index in [1.54, 1.807) is 11.3 Å². The number of hydrogen-bond donors (Lipinski definition) is 0. The number of carbonyl (C=O) groups excluding carboxylic acids is 1. The third-order valence-electron chi connectivity index (χ3n) is 7.17. The maximum Gasteiger partial charge on any atom is 0.257 e. The molecule has 1 saturated heterocycles. The molecule has 3 aromatic rings. The average Bonchev–Trinajstić information content (AvgIpc) is 3.53. The van der Waals surface area contributed by atoms with Crippen LogP contribution in [-0.2, 0) is 11.2 Å². The molecule has 1 aromatic heterocycles. The van der Waals surface area contributed by atoms with Crippen molar-refractivity contribution < 1.29 is 4.79 Å². The van der Waals surface area contributed by atoms with Crippen molar-refractivity contribution in [2.75, 3.05) is 37.6 Å². The summed E-state index contributed by atoms with van der Waals surface area (Å²) in [5.74, 6) is 0.387. The van der Waals surface area contributed by atoms with E-state index in [1.165, 1.54) is 21.7 Å². The Balaban J connectivity index is 1.20. The smallest absolute Gasteiger partial charge is 0.257 e. The molecule has 6 heteroatoms. The van der Waals surface area contributed by atoms with Gasteiger partial charge in [0.25, 0.3) is 5.91 Å². The van der Waals surface area contributed by atoms with Crippen LogP contribution >= 0.6 is 11.3 Å². The van der Waals surface area contributed by atoms with Gasteiger partial charge in [-0.1, -0.05) is 48.5 Å². The number of hydrogen-bond acceptors (Lipinski definition) is 5. The minimum Gasteiger partial charge on any atom is -0.369 e. The molecule has 2 atom stereocenters. The SMILES string of the molecule is O=C(CN1CCN(c2ccccc2)CC1)N1N=C2c3ccccc3CC[C@@H]2[C@@H]1c1cccs1. The van der Waals surface area contributed by atoms with Crippen LogP contribution in [0.1, 0.15) is 28.5 Å². The van der Waals surface area contributed by atoms with Gasteiger partial charge in [0.05, 0.1) is 18.3 Å². The summed E-state index contributed by atoms with van der Waals surface area (Å²) < 4.78 is 0. The average molecular weight is 457 g/mol. The summed E-state index contributed by atoms with van der Waals surface area (Å²) in [5, 5.41) is 8.91. The Labute approximate surface area is 198 Å². The molecule has 33 heavy (non-hydrogen) atoms. The van der Waals surface area contributed by atoms with Crippen LogP contribution in [0.3, 0.4) is 0 Å². The zero-order chi connectivity index (χ0) is 22.2. The fraction of sp³-hybridized carbons (Fsp3) is 0.333. The van der Waals surface area contributed by atoms with Gasteiger partial charge in [0.15, 0.2) is 0 Å². The molecule has 5 nitrogen and oxygen atoms in total. The van der Waals surface area contributed by atoms with Crippen LogP contribution in [-0.4, -0.2) is 54.3 Å². The maximum atomic E-state index is 13.6. The quantitative estimate of drug-likeness (QED) is 0.583. The van der Waals surface area contributed by atoms with E-state index < -0.39 is 0 Å². The van der Waals surface area contributed by atoms with Crippen molar-refractivity contribution in [2.24, 2.45) is 11.0 Å². The number of aryl methyl sites for hydroxylation is 1. The van der Waals surface area contributed by atoms with Crippen molar-refractivity contribution in [2.45, 2.75) is 18.9 Å². The monoisotopic (exact) mass is 456 g/mol. The van der Waals surface area contributed by atoms with Gasteiger partial charge in [-0.15, -0.1) is 11.3 Å². The van der Waals surface area contributed by atoms with E-state index in [4.69, 9.17) is 5.10 Å². The summed E-state index contributed by atoms with van der Waals surface area (Å²) in [6.07, 6.45) is 2.09. The molecular formula is C27H28N4OS. The summed E-state index contributed by atoms with van der Waals surface area (Å²) in [4.78, 5) is 19.5. The molecule has 0 spiro atoms. The van der Waals surface area contributed by atoms with Crippen molar-refractivity contribution in [1.82, 2.24) is 9.91 Å². The fourth-order valence-electron chi connectivity index (χ4n) is 5.48. The molecule has 6 rings (SSSR count). The maximum absolute atomic E-state index is 13.6. The number of carbonyl (C=O) groups is 1. The number of anilines is 1. The lowest BCUT2D eigenvalue weighted by Crippen LogP contribution is -2.49. The zero-order valence-electron chi connectivity index (χ0n) is 18.6. The van der Waals surface area contributed by atoms with Gasteiger partial charge in [0.1, 0.15) is 0 Å². The van der Waals surface area contributed by atoms with E-state index in [0.29, 0.717) is 6.54 Å². The van der Waals surface area contributed by atoms with Crippen molar-refractivity contribution in [3.8, 4) is 0 Å². The molecule has 1 amide bonds. The van der Waals surface area contributed by atoms with Gasteiger partial charge < -0.3 is 4.90 Å². The van der Waals surface area contributed by atoms with Gasteiger partial charge in [-0.25, -0.2) is 5.01 Å².